The van der Waals surface area contributed by atoms with Gasteiger partial charge >= 0.3 is 0 Å². The molecule has 0 radical (unpaired) electrons. The summed E-state index contributed by atoms with van der Waals surface area (Å²) in [7, 11) is 0. The second kappa shape index (κ2) is 84.6. The SMILES string of the molecule is C.C.C.C.C=C=C=C=C=C=C=C=C=C=C=C=C=C=C=C=C=C=C=C=C=C=C=C=C=C=C=C=C=C=C=C=C=C=C=C=C=C=C=C=C=C=C=C=C=C=C=C=C=C=C=C=C=C=C=C=C=C=C=C=C=C=C=C=C.C=O.CCC(O)CC(C)O.CCC1CC(C)OCO1.O. The van der Waals surface area contributed by atoms with Gasteiger partial charge in [-0.2, -0.15) is 0 Å². The minimum atomic E-state index is -0.370. The van der Waals surface area contributed by atoms with Gasteiger partial charge in [-0.05, 0) is 144 Å². The van der Waals surface area contributed by atoms with Crippen molar-refractivity contribution in [1.29, 1.82) is 0 Å². The third kappa shape index (κ3) is 87.4. The van der Waals surface area contributed by atoms with E-state index in [2.05, 4.69) is 388 Å². The molecule has 6 nitrogen and oxygen atoms in total. The molecule has 0 aromatic rings. The topological polar surface area (TPSA) is 107 Å². The van der Waals surface area contributed by atoms with Crippen LogP contribution < -0.4 is 0 Å². The van der Waals surface area contributed by atoms with Crippen LogP contribution in [0.3, 0.4) is 0 Å². The molecule has 4 atom stereocenters. The Morgan fingerprint density at radius 1 is 0.337 bits per heavy atom. The van der Waals surface area contributed by atoms with Crippen LogP contribution in [0.1, 0.15) is 83.1 Å². The number of rotatable bonds is 4. The lowest BCUT2D eigenvalue weighted by molar-refractivity contribution is -0.170. The Balaban J connectivity index is -0.000000388. The molecular formula is C83H52O6. The van der Waals surface area contributed by atoms with Crippen LogP contribution in [0.25, 0.3) is 0 Å². The van der Waals surface area contributed by atoms with E-state index in [1.54, 1.807) is 6.92 Å². The Morgan fingerprint density at radius 3 is 0.584 bits per heavy atom. The lowest BCUT2D eigenvalue weighted by Crippen LogP contribution is -2.28. The summed E-state index contributed by atoms with van der Waals surface area (Å²) in [4.78, 5) is 8.00. The molecule has 6 heteroatoms. The summed E-state index contributed by atoms with van der Waals surface area (Å²) in [5, 5.41) is 17.6. The fourth-order valence-electron chi connectivity index (χ4n) is 3.54. The molecule has 0 aromatic carbocycles. The average molecular weight is 1150 g/mol. The smallest absolute Gasteiger partial charge is 0.147 e. The van der Waals surface area contributed by atoms with E-state index in [0.717, 1.165) is 19.3 Å². The van der Waals surface area contributed by atoms with Crippen molar-refractivity contribution in [2.75, 3.05) is 6.79 Å². The molecule has 0 spiro atoms. The number of aliphatic hydroxyl groups excluding tert-OH is 2. The molecule has 0 saturated carbocycles. The highest BCUT2D eigenvalue weighted by Crippen LogP contribution is 2.14. The molecule has 1 aliphatic heterocycles. The van der Waals surface area contributed by atoms with Gasteiger partial charge in [-0.1, -0.05) is 55.0 Å². The molecule has 4 unspecified atom stereocenters. The van der Waals surface area contributed by atoms with E-state index >= 15 is 0 Å². The highest BCUT2D eigenvalue weighted by molar-refractivity contribution is 5.11. The molecule has 0 aliphatic carbocycles. The van der Waals surface area contributed by atoms with Crippen LogP contribution in [0.2, 0.25) is 0 Å². The molecule has 1 rings (SSSR count). The quantitative estimate of drug-likeness (QED) is 0.273. The van der Waals surface area contributed by atoms with E-state index in [1.165, 1.54) is 0 Å². The van der Waals surface area contributed by atoms with Gasteiger partial charge in [0.25, 0.3) is 0 Å². The van der Waals surface area contributed by atoms with Crippen molar-refractivity contribution in [2.45, 2.75) is 108 Å². The number of hydrogen-bond acceptors (Lipinski definition) is 5. The number of hydrogen-bond donors (Lipinski definition) is 2. The normalized spacial score (nSPS) is 8.25. The van der Waals surface area contributed by atoms with E-state index in [4.69, 9.17) is 24.5 Å². The van der Waals surface area contributed by atoms with Gasteiger partial charge in [0.1, 0.15) is 13.6 Å². The predicted molar refractivity (Wildman–Crippen MR) is 338 cm³/mol. The Labute approximate surface area is 522 Å². The number of carbonyl (C=O) groups excluding carboxylic acids is 1. The zero-order valence-corrected chi connectivity index (χ0v) is 46.1. The predicted octanol–water partition coefficient (Wildman–Crippen LogP) is 14.2. The van der Waals surface area contributed by atoms with Gasteiger partial charge in [0.2, 0.25) is 0 Å². The Bertz CT molecular complexity index is 4850. The first kappa shape index (κ1) is 90.9. The maximum Gasteiger partial charge on any atom is 0.147 e. The van der Waals surface area contributed by atoms with Crippen LogP contribution in [0.15, 0.2) is 374 Å². The lowest BCUT2D eigenvalue weighted by Gasteiger charge is -2.26. The average Bonchev–Trinajstić information content (AvgIpc) is 3.52. The number of aliphatic hydroxyl groups is 2. The van der Waals surface area contributed by atoms with Gasteiger partial charge in [0, 0.05) is 258 Å². The van der Waals surface area contributed by atoms with Crippen molar-refractivity contribution in [2.24, 2.45) is 0 Å². The number of ether oxygens (including phenoxy) is 2. The van der Waals surface area contributed by atoms with Crippen LogP contribution in [0.4, 0.5) is 0 Å². The van der Waals surface area contributed by atoms with Crippen molar-refractivity contribution >= 4 is 6.79 Å². The first-order valence-corrected chi connectivity index (χ1v) is 23.1. The van der Waals surface area contributed by atoms with Crippen molar-refractivity contribution in [3.05, 3.63) is 374 Å². The van der Waals surface area contributed by atoms with Gasteiger partial charge in [0.15, 0.2) is 0 Å². The molecular weight excluding hydrogens is 1090 g/mol. The Hall–Kier alpha value is -14.7. The first-order chi connectivity index (χ1) is 41.4. The zero-order valence-electron chi connectivity index (χ0n) is 46.1. The minimum Gasteiger partial charge on any atom is -0.412 e. The molecule has 1 saturated heterocycles. The Morgan fingerprint density at radius 2 is 0.494 bits per heavy atom. The van der Waals surface area contributed by atoms with Crippen LogP contribution >= 0.6 is 0 Å². The molecule has 0 amide bonds. The maximum atomic E-state index is 8.87. The summed E-state index contributed by atoms with van der Waals surface area (Å²) in [6, 6.07) is 0. The first-order valence-electron chi connectivity index (χ1n) is 23.1. The lowest BCUT2D eigenvalue weighted by atomic mass is 10.1. The highest BCUT2D eigenvalue weighted by atomic mass is 16.7. The fourth-order valence-corrected chi connectivity index (χ4v) is 3.54. The second-order valence-corrected chi connectivity index (χ2v) is 12.7. The summed E-state index contributed by atoms with van der Waals surface area (Å²) in [6.07, 6.45) is 3.52. The molecule has 0 aromatic heterocycles. The van der Waals surface area contributed by atoms with Crippen LogP contribution in [-0.2, 0) is 14.3 Å². The zero-order chi connectivity index (χ0) is 61.8. The monoisotopic (exact) mass is 1140 g/mol. The van der Waals surface area contributed by atoms with Crippen molar-refractivity contribution < 1.29 is 30.0 Å². The van der Waals surface area contributed by atoms with Gasteiger partial charge in [-0.25, -0.2) is 0 Å². The summed E-state index contributed by atoms with van der Waals surface area (Å²) in [5.41, 5.74) is 157. The van der Waals surface area contributed by atoms with E-state index in [-0.39, 0.29) is 47.4 Å². The minimum absolute atomic E-state index is 0. The van der Waals surface area contributed by atoms with E-state index in [1.807, 2.05) is 13.7 Å². The molecule has 420 valence electrons. The van der Waals surface area contributed by atoms with Crippen molar-refractivity contribution in [3.63, 3.8) is 0 Å². The second-order valence-electron chi connectivity index (χ2n) is 12.7. The van der Waals surface area contributed by atoms with Crippen LogP contribution in [-0.4, -0.2) is 53.7 Å². The summed E-state index contributed by atoms with van der Waals surface area (Å²) < 4.78 is 10.5. The van der Waals surface area contributed by atoms with Gasteiger partial charge in [-0.15, -0.1) is 0 Å². The summed E-state index contributed by atoms with van der Waals surface area (Å²) >= 11 is 0. The van der Waals surface area contributed by atoms with Crippen molar-refractivity contribution in [1.82, 2.24) is 0 Å². The third-order valence-corrected chi connectivity index (χ3v) is 6.72. The largest absolute Gasteiger partial charge is 0.412 e. The van der Waals surface area contributed by atoms with Crippen LogP contribution in [0, 0.1) is 0 Å². The molecule has 4 N–H and O–H groups in total. The van der Waals surface area contributed by atoms with E-state index in [0.29, 0.717) is 25.4 Å². The summed E-state index contributed by atoms with van der Waals surface area (Å²) in [6.45, 7) is 16.9. The molecule has 1 fully saturated rings. The van der Waals surface area contributed by atoms with Crippen LogP contribution in [0.5, 0.6) is 0 Å². The van der Waals surface area contributed by atoms with Gasteiger partial charge in [-0.3, -0.25) is 0 Å². The van der Waals surface area contributed by atoms with E-state index in [9.17, 15) is 0 Å². The third-order valence-electron chi connectivity index (χ3n) is 6.72. The van der Waals surface area contributed by atoms with Gasteiger partial charge in [0.05, 0.1) is 24.4 Å². The molecule has 1 aliphatic rings. The van der Waals surface area contributed by atoms with Gasteiger partial charge < -0.3 is 30.0 Å². The summed E-state index contributed by atoms with van der Waals surface area (Å²) in [5.74, 6) is 0. The molecule has 89 heavy (non-hydrogen) atoms. The maximum absolute atomic E-state index is 8.87. The molecule has 1 heterocycles. The Kier molecular flexibility index (Phi) is 86.4. The van der Waals surface area contributed by atoms with Crippen molar-refractivity contribution in [3.8, 4) is 0 Å². The standard InChI is InChI=1S/C65H4.C7H14O2.C6H14O2.CH2O.4CH4.H2O/c1-3-5-7-9-11-13-15-17-19-21-23-25-27-29-31-33-35-37-39-41-43-45-47-49-51-53-55-57-59-61-63-65-64-62-60-58-56-54-52-50-48-46-44-42-40-38-36-34-32-30-28-26-24-22-20-18-16-14-12-10-8-6-4-2;1-3-7-4-6(2)8-5-9-7;1-3-6(8)4-5(2)7;1-2;;;;;/h1-2H2;6-7H,3-5H2,1-2H3;5-8H,3-4H2,1-2H3;1H2;4*1H4;1H2. The number of carbonyl (C=O) groups is 1. The van der Waals surface area contributed by atoms with E-state index < -0.39 is 0 Å². The highest BCUT2D eigenvalue weighted by Gasteiger charge is 2.17. The fraction of sp³-hybridized carbons (Fsp3) is 0.205. The molecule has 0 bridgehead atoms.